The van der Waals surface area contributed by atoms with Crippen LogP contribution in [0.1, 0.15) is 52.6 Å². The maximum Gasteiger partial charge on any atom is 0.116 e. The number of aryl methyl sites for hydroxylation is 2. The summed E-state index contributed by atoms with van der Waals surface area (Å²) in [5.74, 6) is 0. The average molecular weight is 260 g/mol. The van der Waals surface area contributed by atoms with Gasteiger partial charge in [0.2, 0.25) is 0 Å². The van der Waals surface area contributed by atoms with E-state index < -0.39 is 0 Å². The minimum absolute atomic E-state index is 0.108. The van der Waals surface area contributed by atoms with Crippen molar-refractivity contribution in [2.75, 3.05) is 0 Å². The minimum Gasteiger partial charge on any atom is -0.330 e. The maximum atomic E-state index is 6.38. The summed E-state index contributed by atoms with van der Waals surface area (Å²) in [6, 6.07) is 0.518. The number of hydrogen-bond acceptors (Lipinski definition) is 4. The molecule has 1 atom stereocenters. The van der Waals surface area contributed by atoms with Gasteiger partial charge in [-0.15, -0.1) is 11.3 Å². The summed E-state index contributed by atoms with van der Waals surface area (Å²) in [7, 11) is 0. The van der Waals surface area contributed by atoms with Crippen LogP contribution < -0.4 is 5.73 Å². The van der Waals surface area contributed by atoms with E-state index in [1.165, 1.54) is 36.3 Å². The van der Waals surface area contributed by atoms with Crippen LogP contribution in [0, 0.1) is 0 Å². The van der Waals surface area contributed by atoms with Crippen molar-refractivity contribution in [3.63, 3.8) is 0 Å². The summed E-state index contributed by atoms with van der Waals surface area (Å²) in [5, 5.41) is 1.06. The van der Waals surface area contributed by atoms with Gasteiger partial charge in [-0.05, 0) is 32.1 Å². The lowest BCUT2D eigenvalue weighted by Crippen LogP contribution is -2.16. The number of nitrogens with two attached hydrogens (primary N) is 1. The highest BCUT2D eigenvalue weighted by molar-refractivity contribution is 7.11. The van der Waals surface area contributed by atoms with Gasteiger partial charge >= 0.3 is 0 Å². The summed E-state index contributed by atoms with van der Waals surface area (Å²) in [5.41, 5.74) is 8.77. The third kappa shape index (κ3) is 1.61. The smallest absolute Gasteiger partial charge is 0.116 e. The fourth-order valence-electron chi connectivity index (χ4n) is 2.68. The molecular formula is C13H16N4S. The van der Waals surface area contributed by atoms with Crippen molar-refractivity contribution in [3.05, 3.63) is 33.8 Å². The highest BCUT2D eigenvalue weighted by Crippen LogP contribution is 2.38. The van der Waals surface area contributed by atoms with E-state index in [1.807, 2.05) is 12.5 Å². The number of aromatic nitrogens is 3. The van der Waals surface area contributed by atoms with Crippen LogP contribution in [0.4, 0.5) is 0 Å². The maximum absolute atomic E-state index is 6.38. The monoisotopic (exact) mass is 260 g/mol. The molecule has 0 bridgehead atoms. The van der Waals surface area contributed by atoms with Crippen LogP contribution in [0.5, 0.6) is 0 Å². The molecular weight excluding hydrogens is 244 g/mol. The Morgan fingerprint density at radius 3 is 3.06 bits per heavy atom. The molecule has 0 spiro atoms. The molecule has 0 radical (unpaired) electrons. The molecule has 18 heavy (non-hydrogen) atoms. The van der Waals surface area contributed by atoms with Crippen molar-refractivity contribution in [1.29, 1.82) is 0 Å². The molecule has 4 nitrogen and oxygen atoms in total. The predicted octanol–water partition coefficient (Wildman–Crippen LogP) is 2.21. The standard InChI is InChI=1S/C13H16N4S/c14-12(10-6-15-7-17(10)8-4-5-8)13-16-9-2-1-3-11(9)18-13/h6-8,12H,1-5,14H2. The molecule has 5 heteroatoms. The van der Waals surface area contributed by atoms with Crippen LogP contribution in [0.25, 0.3) is 0 Å². The average Bonchev–Trinajstić information content (AvgIpc) is 2.80. The first-order chi connectivity index (χ1) is 8.83. The van der Waals surface area contributed by atoms with E-state index >= 15 is 0 Å². The van der Waals surface area contributed by atoms with Gasteiger partial charge in [-0.2, -0.15) is 0 Å². The van der Waals surface area contributed by atoms with Crippen molar-refractivity contribution in [3.8, 4) is 0 Å². The lowest BCUT2D eigenvalue weighted by atomic mass is 10.2. The van der Waals surface area contributed by atoms with Crippen molar-refractivity contribution < 1.29 is 0 Å². The first-order valence-corrected chi connectivity index (χ1v) is 7.40. The van der Waals surface area contributed by atoms with Gasteiger partial charge in [0.25, 0.3) is 0 Å². The summed E-state index contributed by atoms with van der Waals surface area (Å²) < 4.78 is 2.23. The topological polar surface area (TPSA) is 56.7 Å². The number of hydrogen-bond donors (Lipinski definition) is 1. The molecule has 2 aliphatic rings. The highest BCUT2D eigenvalue weighted by Gasteiger charge is 2.29. The van der Waals surface area contributed by atoms with Gasteiger partial charge in [-0.25, -0.2) is 9.97 Å². The molecule has 2 aromatic rings. The van der Waals surface area contributed by atoms with Crippen LogP contribution in [-0.4, -0.2) is 14.5 Å². The molecule has 0 amide bonds. The Morgan fingerprint density at radius 2 is 2.28 bits per heavy atom. The van der Waals surface area contributed by atoms with Crippen LogP contribution >= 0.6 is 11.3 Å². The van der Waals surface area contributed by atoms with Crippen molar-refractivity contribution in [2.45, 2.75) is 44.2 Å². The van der Waals surface area contributed by atoms with Gasteiger partial charge in [0.15, 0.2) is 0 Å². The third-order valence-corrected chi connectivity index (χ3v) is 5.07. The van der Waals surface area contributed by atoms with Gasteiger partial charge in [-0.3, -0.25) is 0 Å². The zero-order chi connectivity index (χ0) is 12.1. The number of thiazole rings is 1. The van der Waals surface area contributed by atoms with Gasteiger partial charge < -0.3 is 10.3 Å². The lowest BCUT2D eigenvalue weighted by molar-refractivity contribution is 0.658. The van der Waals surface area contributed by atoms with Crippen LogP contribution in [-0.2, 0) is 12.8 Å². The number of imidazole rings is 1. The summed E-state index contributed by atoms with van der Waals surface area (Å²) in [6.45, 7) is 0. The molecule has 2 aliphatic carbocycles. The molecule has 94 valence electrons. The van der Waals surface area contributed by atoms with E-state index in [-0.39, 0.29) is 6.04 Å². The first kappa shape index (κ1) is 10.7. The first-order valence-electron chi connectivity index (χ1n) is 6.58. The number of rotatable bonds is 3. The Bertz CT molecular complexity index is 560. The van der Waals surface area contributed by atoms with E-state index in [2.05, 4.69) is 9.55 Å². The molecule has 1 fully saturated rings. The van der Waals surface area contributed by atoms with Crippen LogP contribution in [0.2, 0.25) is 0 Å². The van der Waals surface area contributed by atoms with E-state index in [4.69, 9.17) is 10.7 Å². The molecule has 2 N–H and O–H groups in total. The molecule has 0 aromatic carbocycles. The molecule has 0 saturated heterocycles. The van der Waals surface area contributed by atoms with E-state index in [1.54, 1.807) is 11.3 Å². The van der Waals surface area contributed by atoms with Gasteiger partial charge in [0.1, 0.15) is 5.01 Å². The largest absolute Gasteiger partial charge is 0.330 e. The van der Waals surface area contributed by atoms with Crippen LogP contribution in [0.15, 0.2) is 12.5 Å². The predicted molar refractivity (Wildman–Crippen MR) is 70.7 cm³/mol. The second kappa shape index (κ2) is 3.90. The fourth-order valence-corrected chi connectivity index (χ4v) is 3.85. The van der Waals surface area contributed by atoms with Crippen molar-refractivity contribution in [1.82, 2.24) is 14.5 Å². The molecule has 2 heterocycles. The molecule has 4 rings (SSSR count). The Morgan fingerprint density at radius 1 is 1.39 bits per heavy atom. The van der Waals surface area contributed by atoms with Gasteiger partial charge in [0, 0.05) is 10.9 Å². The third-order valence-electron chi connectivity index (χ3n) is 3.83. The van der Waals surface area contributed by atoms with Crippen molar-refractivity contribution >= 4 is 11.3 Å². The molecule has 1 unspecified atom stereocenters. The molecule has 1 saturated carbocycles. The second-order valence-corrected chi connectivity index (χ2v) is 6.33. The highest BCUT2D eigenvalue weighted by atomic mass is 32.1. The van der Waals surface area contributed by atoms with E-state index in [0.29, 0.717) is 6.04 Å². The molecule has 2 aromatic heterocycles. The summed E-state index contributed by atoms with van der Waals surface area (Å²) in [6.07, 6.45) is 9.88. The van der Waals surface area contributed by atoms with Gasteiger partial charge in [-0.1, -0.05) is 0 Å². The van der Waals surface area contributed by atoms with Crippen molar-refractivity contribution in [2.24, 2.45) is 5.73 Å². The normalized spacial score (nSPS) is 20.1. The zero-order valence-electron chi connectivity index (χ0n) is 10.2. The second-order valence-electron chi connectivity index (χ2n) is 5.21. The number of nitrogens with zero attached hydrogens (tertiary/aromatic N) is 3. The molecule has 0 aliphatic heterocycles. The summed E-state index contributed by atoms with van der Waals surface area (Å²) >= 11 is 1.79. The Balaban J connectivity index is 1.68. The Labute approximate surface area is 110 Å². The Hall–Kier alpha value is -1.20. The summed E-state index contributed by atoms with van der Waals surface area (Å²) in [4.78, 5) is 10.4. The number of fused-ring (bicyclic) bond motifs is 1. The lowest BCUT2D eigenvalue weighted by Gasteiger charge is -2.11. The quantitative estimate of drug-likeness (QED) is 0.920. The van der Waals surface area contributed by atoms with Gasteiger partial charge in [0.05, 0.1) is 30.0 Å². The Kier molecular flexibility index (Phi) is 2.32. The fraction of sp³-hybridized carbons (Fsp3) is 0.538. The van der Waals surface area contributed by atoms with Crippen LogP contribution in [0.3, 0.4) is 0 Å². The van der Waals surface area contributed by atoms with E-state index in [0.717, 1.165) is 17.1 Å². The minimum atomic E-state index is -0.108. The van der Waals surface area contributed by atoms with E-state index in [9.17, 15) is 0 Å². The zero-order valence-corrected chi connectivity index (χ0v) is 11.0. The SMILES string of the molecule is NC(c1nc2c(s1)CCC2)c1cncn1C1CC1.